The summed E-state index contributed by atoms with van der Waals surface area (Å²) in [5, 5.41) is 13.9. The van der Waals surface area contributed by atoms with Gasteiger partial charge in [0.15, 0.2) is 0 Å². The summed E-state index contributed by atoms with van der Waals surface area (Å²) < 4.78 is 13.6. The summed E-state index contributed by atoms with van der Waals surface area (Å²) in [6, 6.07) is 9.16. The molecule has 1 atom stereocenters. The predicted octanol–water partition coefficient (Wildman–Crippen LogP) is 3.85. The minimum Gasteiger partial charge on any atom is -0.325 e. The average Bonchev–Trinajstić information content (AvgIpc) is 3.10. The van der Waals surface area contributed by atoms with Gasteiger partial charge in [0, 0.05) is 24.7 Å². The molecular weight excluding hydrogens is 377 g/mol. The number of carbonyl (C=O) groups excluding carboxylic acids is 2. The molecule has 0 aliphatic carbocycles. The molecule has 29 heavy (non-hydrogen) atoms. The molecule has 7 nitrogen and oxygen atoms in total. The van der Waals surface area contributed by atoms with E-state index in [1.54, 1.807) is 0 Å². The van der Waals surface area contributed by atoms with E-state index in [9.17, 15) is 24.1 Å². The number of benzene rings is 2. The zero-order chi connectivity index (χ0) is 21.1. The van der Waals surface area contributed by atoms with Crippen LogP contribution in [-0.4, -0.2) is 23.3 Å². The first-order valence-electron chi connectivity index (χ1n) is 9.51. The van der Waals surface area contributed by atoms with E-state index in [4.69, 9.17) is 0 Å². The van der Waals surface area contributed by atoms with Gasteiger partial charge in [-0.1, -0.05) is 32.0 Å². The first kappa shape index (κ1) is 20.4. The van der Waals surface area contributed by atoms with Crippen molar-refractivity contribution in [3.8, 4) is 0 Å². The second-order valence-corrected chi connectivity index (χ2v) is 6.95. The van der Waals surface area contributed by atoms with E-state index in [1.165, 1.54) is 11.0 Å². The Kier molecular flexibility index (Phi) is 5.91. The lowest BCUT2D eigenvalue weighted by Gasteiger charge is -2.18. The van der Waals surface area contributed by atoms with Crippen LogP contribution in [0.4, 0.5) is 21.5 Å². The van der Waals surface area contributed by atoms with Crippen molar-refractivity contribution in [1.82, 2.24) is 0 Å². The highest BCUT2D eigenvalue weighted by atomic mass is 19.1. The molecule has 1 N–H and O–H groups in total. The predicted molar refractivity (Wildman–Crippen MR) is 107 cm³/mol. The van der Waals surface area contributed by atoms with Gasteiger partial charge in [-0.3, -0.25) is 19.7 Å². The summed E-state index contributed by atoms with van der Waals surface area (Å²) in [7, 11) is 0. The lowest BCUT2D eigenvalue weighted by molar-refractivity contribution is -0.387. The Morgan fingerprint density at radius 1 is 1.24 bits per heavy atom. The van der Waals surface area contributed by atoms with E-state index >= 15 is 0 Å². The molecule has 3 rings (SSSR count). The normalized spacial score (nSPS) is 16.2. The molecule has 0 spiro atoms. The highest BCUT2D eigenvalue weighted by molar-refractivity contribution is 6.04. The van der Waals surface area contributed by atoms with Crippen molar-refractivity contribution in [3.63, 3.8) is 0 Å². The maximum Gasteiger partial charge on any atom is 0.306 e. The number of nitrogens with one attached hydrogen (secondary N) is 1. The molecule has 0 aromatic heterocycles. The van der Waals surface area contributed by atoms with Crippen LogP contribution in [0.15, 0.2) is 36.4 Å². The van der Waals surface area contributed by atoms with Gasteiger partial charge >= 0.3 is 5.69 Å². The van der Waals surface area contributed by atoms with Crippen LogP contribution in [0.1, 0.15) is 31.4 Å². The van der Waals surface area contributed by atoms with E-state index in [0.29, 0.717) is 0 Å². The maximum atomic E-state index is 13.6. The highest BCUT2D eigenvalue weighted by Crippen LogP contribution is 2.31. The summed E-state index contributed by atoms with van der Waals surface area (Å²) in [5.74, 6) is -2.16. The van der Waals surface area contributed by atoms with Crippen LogP contribution in [0.25, 0.3) is 0 Å². The maximum absolute atomic E-state index is 13.6. The van der Waals surface area contributed by atoms with Crippen LogP contribution >= 0.6 is 0 Å². The number of halogens is 1. The molecular formula is C21H22FN3O4. The molecule has 8 heteroatoms. The van der Waals surface area contributed by atoms with Crippen molar-refractivity contribution in [1.29, 1.82) is 0 Å². The molecule has 0 bridgehead atoms. The third-order valence-electron chi connectivity index (χ3n) is 5.18. The molecule has 2 amide bonds. The minimum absolute atomic E-state index is 0.00718. The number of anilines is 2. The Balaban J connectivity index is 1.80. The van der Waals surface area contributed by atoms with Gasteiger partial charge in [0.25, 0.3) is 0 Å². The molecule has 1 heterocycles. The fourth-order valence-corrected chi connectivity index (χ4v) is 3.57. The number of carbonyl (C=O) groups is 2. The summed E-state index contributed by atoms with van der Waals surface area (Å²) in [5.41, 5.74) is 2.33. The van der Waals surface area contributed by atoms with E-state index in [1.807, 2.05) is 32.0 Å². The Morgan fingerprint density at radius 2 is 1.90 bits per heavy atom. The molecule has 1 aliphatic heterocycles. The van der Waals surface area contributed by atoms with E-state index in [2.05, 4.69) is 5.32 Å². The number of aryl methyl sites for hydroxylation is 2. The number of rotatable bonds is 6. The Bertz CT molecular complexity index is 954. The number of amides is 2. The molecule has 0 radical (unpaired) electrons. The number of para-hydroxylation sites is 1. The van der Waals surface area contributed by atoms with Crippen LogP contribution in [0.2, 0.25) is 0 Å². The van der Waals surface area contributed by atoms with Gasteiger partial charge in [-0.2, -0.15) is 4.39 Å². The van der Waals surface area contributed by atoms with Gasteiger partial charge in [-0.15, -0.1) is 0 Å². The Morgan fingerprint density at radius 3 is 2.48 bits per heavy atom. The fourth-order valence-electron chi connectivity index (χ4n) is 3.57. The quantitative estimate of drug-likeness (QED) is 0.590. The number of nitrogens with zero attached hydrogens (tertiary/aromatic N) is 2. The van der Waals surface area contributed by atoms with Crippen LogP contribution < -0.4 is 10.2 Å². The van der Waals surface area contributed by atoms with Gasteiger partial charge in [0.2, 0.25) is 17.6 Å². The van der Waals surface area contributed by atoms with Crippen molar-refractivity contribution >= 4 is 28.9 Å². The van der Waals surface area contributed by atoms with Crippen molar-refractivity contribution in [3.05, 3.63) is 63.5 Å². The van der Waals surface area contributed by atoms with E-state index < -0.39 is 22.3 Å². The first-order chi connectivity index (χ1) is 13.8. The topological polar surface area (TPSA) is 92.6 Å². The van der Waals surface area contributed by atoms with Crippen molar-refractivity contribution in [2.24, 2.45) is 5.92 Å². The number of hydrogen-bond acceptors (Lipinski definition) is 4. The van der Waals surface area contributed by atoms with Crippen LogP contribution in [-0.2, 0) is 22.4 Å². The highest BCUT2D eigenvalue weighted by Gasteiger charge is 2.36. The standard InChI is InChI=1S/C21H22FN3O4/c1-3-13-6-5-7-14(4-2)20(13)23-21(27)15-10-19(26)24(12-15)16-8-9-17(22)18(11-16)25(28)29/h5-9,11,15H,3-4,10,12H2,1-2H3,(H,23,27). The second-order valence-electron chi connectivity index (χ2n) is 6.95. The van der Waals surface area contributed by atoms with Crippen molar-refractivity contribution in [2.75, 3.05) is 16.8 Å². The minimum atomic E-state index is -0.969. The third kappa shape index (κ3) is 4.11. The number of hydrogen-bond donors (Lipinski definition) is 1. The zero-order valence-electron chi connectivity index (χ0n) is 16.3. The fraction of sp³-hybridized carbons (Fsp3) is 0.333. The number of nitro groups is 1. The SMILES string of the molecule is CCc1cccc(CC)c1NC(=O)C1CC(=O)N(c2ccc(F)c([N+](=O)[O-])c2)C1. The van der Waals surface area contributed by atoms with Crippen molar-refractivity contribution < 1.29 is 18.9 Å². The van der Waals surface area contributed by atoms with Crippen LogP contribution in [0.3, 0.4) is 0 Å². The average molecular weight is 399 g/mol. The summed E-state index contributed by atoms with van der Waals surface area (Å²) in [6.45, 7) is 4.10. The monoisotopic (exact) mass is 399 g/mol. The largest absolute Gasteiger partial charge is 0.325 e. The Labute approximate surface area is 167 Å². The summed E-state index contributed by atoms with van der Waals surface area (Å²) >= 11 is 0. The van der Waals surface area contributed by atoms with Crippen LogP contribution in [0.5, 0.6) is 0 Å². The lowest BCUT2D eigenvalue weighted by atomic mass is 10.0. The molecule has 152 valence electrons. The molecule has 1 unspecified atom stereocenters. The second kappa shape index (κ2) is 8.38. The van der Waals surface area contributed by atoms with Gasteiger partial charge < -0.3 is 10.2 Å². The number of nitro benzene ring substituents is 1. The molecule has 2 aromatic rings. The Hall–Kier alpha value is -3.29. The molecule has 1 saturated heterocycles. The molecule has 0 saturated carbocycles. The molecule has 2 aromatic carbocycles. The lowest BCUT2D eigenvalue weighted by Crippen LogP contribution is -2.28. The first-order valence-corrected chi connectivity index (χ1v) is 9.51. The van der Waals surface area contributed by atoms with Gasteiger partial charge in [0.1, 0.15) is 0 Å². The third-order valence-corrected chi connectivity index (χ3v) is 5.18. The van der Waals surface area contributed by atoms with Gasteiger partial charge in [-0.25, -0.2) is 0 Å². The smallest absolute Gasteiger partial charge is 0.306 e. The van der Waals surface area contributed by atoms with E-state index in [0.717, 1.165) is 41.8 Å². The summed E-state index contributed by atoms with van der Waals surface area (Å²) in [6.07, 6.45) is 1.52. The van der Waals surface area contributed by atoms with Crippen LogP contribution in [0, 0.1) is 21.8 Å². The zero-order valence-corrected chi connectivity index (χ0v) is 16.3. The molecule has 1 fully saturated rings. The summed E-state index contributed by atoms with van der Waals surface area (Å²) in [4.78, 5) is 36.7. The van der Waals surface area contributed by atoms with Gasteiger partial charge in [-0.05, 0) is 36.1 Å². The molecule has 1 aliphatic rings. The van der Waals surface area contributed by atoms with E-state index in [-0.39, 0.29) is 30.5 Å². The van der Waals surface area contributed by atoms with Gasteiger partial charge in [0.05, 0.1) is 16.5 Å². The van der Waals surface area contributed by atoms with Crippen molar-refractivity contribution in [2.45, 2.75) is 33.1 Å².